The lowest BCUT2D eigenvalue weighted by Gasteiger charge is -2.20. The molecule has 2 rings (SSSR count). The first kappa shape index (κ1) is 12.3. The molecule has 2 unspecified atom stereocenters. The summed E-state index contributed by atoms with van der Waals surface area (Å²) in [5, 5.41) is 9.64. The van der Waals surface area contributed by atoms with Crippen LogP contribution in [0.4, 0.5) is 8.78 Å². The molecule has 1 saturated heterocycles. The summed E-state index contributed by atoms with van der Waals surface area (Å²) in [7, 11) is 1.89. The van der Waals surface area contributed by atoms with E-state index < -0.39 is 17.4 Å². The Labute approximate surface area is 98.8 Å². The third-order valence-electron chi connectivity index (χ3n) is 3.43. The number of aromatic hydroxyl groups is 1. The molecule has 94 valence electrons. The van der Waals surface area contributed by atoms with Crippen LogP contribution in [0.1, 0.15) is 18.0 Å². The van der Waals surface area contributed by atoms with Gasteiger partial charge in [-0.1, -0.05) is 6.07 Å². The summed E-state index contributed by atoms with van der Waals surface area (Å²) in [5.74, 6) is -2.45. The maximum Gasteiger partial charge on any atom is 0.200 e. The number of likely N-dealkylation sites (tertiary alicyclic amines) is 1. The fourth-order valence-corrected chi connectivity index (χ4v) is 2.46. The molecule has 1 fully saturated rings. The van der Waals surface area contributed by atoms with Gasteiger partial charge in [0, 0.05) is 18.2 Å². The van der Waals surface area contributed by atoms with Gasteiger partial charge in [0.25, 0.3) is 0 Å². The Hall–Kier alpha value is -1.20. The highest BCUT2D eigenvalue weighted by molar-refractivity contribution is 5.37. The van der Waals surface area contributed by atoms with Gasteiger partial charge in [-0.2, -0.15) is 4.39 Å². The molecular formula is C12H16F2N2O. The number of hydrogen-bond donors (Lipinski definition) is 2. The van der Waals surface area contributed by atoms with Gasteiger partial charge < -0.3 is 10.8 Å². The number of rotatable bonds is 2. The van der Waals surface area contributed by atoms with Crippen molar-refractivity contribution in [1.29, 1.82) is 0 Å². The van der Waals surface area contributed by atoms with Gasteiger partial charge in [0.2, 0.25) is 5.82 Å². The lowest BCUT2D eigenvalue weighted by atomic mass is 9.99. The van der Waals surface area contributed by atoms with Crippen molar-refractivity contribution in [2.75, 3.05) is 20.1 Å². The molecule has 1 aromatic rings. The van der Waals surface area contributed by atoms with Crippen LogP contribution in [-0.2, 0) is 0 Å². The van der Waals surface area contributed by atoms with E-state index in [-0.39, 0.29) is 6.04 Å². The molecule has 0 amide bonds. The lowest BCUT2D eigenvalue weighted by Crippen LogP contribution is -2.20. The van der Waals surface area contributed by atoms with E-state index in [0.717, 1.165) is 19.0 Å². The van der Waals surface area contributed by atoms with Gasteiger partial charge in [-0.15, -0.1) is 0 Å². The summed E-state index contributed by atoms with van der Waals surface area (Å²) >= 11 is 0. The predicted octanol–water partition coefficient (Wildman–Crippen LogP) is 1.62. The van der Waals surface area contributed by atoms with Crippen LogP contribution in [0.2, 0.25) is 0 Å². The lowest BCUT2D eigenvalue weighted by molar-refractivity contribution is 0.300. The third kappa shape index (κ3) is 2.12. The van der Waals surface area contributed by atoms with Crippen molar-refractivity contribution in [2.24, 2.45) is 11.7 Å². The van der Waals surface area contributed by atoms with Gasteiger partial charge in [0.1, 0.15) is 0 Å². The van der Waals surface area contributed by atoms with Crippen molar-refractivity contribution in [3.05, 3.63) is 29.3 Å². The number of nitrogens with two attached hydrogens (primary N) is 1. The minimum atomic E-state index is -1.17. The van der Waals surface area contributed by atoms with E-state index >= 15 is 0 Å². The Bertz CT molecular complexity index is 425. The molecule has 17 heavy (non-hydrogen) atoms. The zero-order valence-electron chi connectivity index (χ0n) is 9.66. The minimum absolute atomic E-state index is 0.0985. The molecule has 1 aromatic carbocycles. The van der Waals surface area contributed by atoms with E-state index in [2.05, 4.69) is 0 Å². The average Bonchev–Trinajstić information content (AvgIpc) is 2.68. The standard InChI is InChI=1S/C12H16F2N2O/c1-16-6-7(5-15)4-10(16)8-2-3-9(13)11(14)12(8)17/h2-3,7,10,17H,4-6,15H2,1H3. The molecule has 0 saturated carbocycles. The smallest absolute Gasteiger partial charge is 0.200 e. The van der Waals surface area contributed by atoms with Crippen molar-refractivity contribution >= 4 is 0 Å². The second-order valence-electron chi connectivity index (χ2n) is 4.59. The normalized spacial score (nSPS) is 25.4. The maximum absolute atomic E-state index is 13.3. The molecule has 1 aliphatic heterocycles. The molecule has 0 aromatic heterocycles. The van der Waals surface area contributed by atoms with Gasteiger partial charge in [0.05, 0.1) is 0 Å². The summed E-state index contributed by atoms with van der Waals surface area (Å²) < 4.78 is 26.2. The Morgan fingerprint density at radius 1 is 1.47 bits per heavy atom. The Balaban J connectivity index is 2.32. The fourth-order valence-electron chi connectivity index (χ4n) is 2.46. The van der Waals surface area contributed by atoms with Crippen LogP contribution in [0.3, 0.4) is 0 Å². The first-order chi connectivity index (χ1) is 8.04. The molecule has 3 nitrogen and oxygen atoms in total. The summed E-state index contributed by atoms with van der Waals surface area (Å²) in [6.07, 6.45) is 0.756. The van der Waals surface area contributed by atoms with Gasteiger partial charge in [-0.05, 0) is 32.0 Å². The fraction of sp³-hybridized carbons (Fsp3) is 0.500. The summed E-state index contributed by atoms with van der Waals surface area (Å²) in [6.45, 7) is 1.37. The molecule has 1 aliphatic rings. The van der Waals surface area contributed by atoms with Crippen LogP contribution in [0.5, 0.6) is 5.75 Å². The van der Waals surface area contributed by atoms with Crippen molar-refractivity contribution in [3.8, 4) is 5.75 Å². The van der Waals surface area contributed by atoms with Crippen molar-refractivity contribution in [2.45, 2.75) is 12.5 Å². The molecular weight excluding hydrogens is 226 g/mol. The first-order valence-electron chi connectivity index (χ1n) is 5.61. The molecule has 0 spiro atoms. The maximum atomic E-state index is 13.3. The van der Waals surface area contributed by atoms with E-state index in [1.165, 1.54) is 6.07 Å². The number of phenols is 1. The second-order valence-corrected chi connectivity index (χ2v) is 4.59. The van der Waals surface area contributed by atoms with E-state index in [1.54, 1.807) is 0 Å². The Morgan fingerprint density at radius 2 is 2.18 bits per heavy atom. The van der Waals surface area contributed by atoms with Crippen LogP contribution in [-0.4, -0.2) is 30.1 Å². The summed E-state index contributed by atoms with van der Waals surface area (Å²) in [5.41, 5.74) is 6.04. The molecule has 1 heterocycles. The Morgan fingerprint density at radius 3 is 2.76 bits per heavy atom. The molecule has 2 atom stereocenters. The molecule has 0 aliphatic carbocycles. The highest BCUT2D eigenvalue weighted by Crippen LogP contribution is 2.39. The molecule has 5 heteroatoms. The van der Waals surface area contributed by atoms with E-state index in [1.807, 2.05) is 11.9 Å². The largest absolute Gasteiger partial charge is 0.505 e. The highest BCUT2D eigenvalue weighted by Gasteiger charge is 2.32. The van der Waals surface area contributed by atoms with Crippen LogP contribution in [0.25, 0.3) is 0 Å². The molecule has 0 radical (unpaired) electrons. The van der Waals surface area contributed by atoms with Crippen LogP contribution in [0.15, 0.2) is 12.1 Å². The van der Waals surface area contributed by atoms with Gasteiger partial charge >= 0.3 is 0 Å². The zero-order valence-corrected chi connectivity index (χ0v) is 9.66. The van der Waals surface area contributed by atoms with Gasteiger partial charge in [-0.25, -0.2) is 4.39 Å². The van der Waals surface area contributed by atoms with Crippen LogP contribution in [0, 0.1) is 17.6 Å². The van der Waals surface area contributed by atoms with Crippen LogP contribution < -0.4 is 5.73 Å². The Kier molecular flexibility index (Phi) is 3.31. The summed E-state index contributed by atoms with van der Waals surface area (Å²) in [6, 6.07) is 2.39. The van der Waals surface area contributed by atoms with E-state index in [4.69, 9.17) is 5.73 Å². The number of phenolic OH excluding ortho intramolecular Hbond substituents is 1. The zero-order chi connectivity index (χ0) is 12.6. The third-order valence-corrected chi connectivity index (χ3v) is 3.43. The number of hydrogen-bond acceptors (Lipinski definition) is 3. The quantitative estimate of drug-likeness (QED) is 0.828. The minimum Gasteiger partial charge on any atom is -0.505 e. The van der Waals surface area contributed by atoms with Gasteiger partial charge in [0.15, 0.2) is 11.6 Å². The average molecular weight is 242 g/mol. The molecule has 3 N–H and O–H groups in total. The predicted molar refractivity (Wildman–Crippen MR) is 60.6 cm³/mol. The first-order valence-corrected chi connectivity index (χ1v) is 5.61. The highest BCUT2D eigenvalue weighted by atomic mass is 19.2. The van der Waals surface area contributed by atoms with Crippen LogP contribution >= 0.6 is 0 Å². The summed E-state index contributed by atoms with van der Waals surface area (Å²) in [4.78, 5) is 2.00. The number of nitrogens with zero attached hydrogens (tertiary/aromatic N) is 1. The van der Waals surface area contributed by atoms with Crippen molar-refractivity contribution in [3.63, 3.8) is 0 Å². The van der Waals surface area contributed by atoms with Crippen molar-refractivity contribution < 1.29 is 13.9 Å². The number of halogens is 2. The second kappa shape index (κ2) is 4.58. The molecule has 0 bridgehead atoms. The number of benzene rings is 1. The van der Waals surface area contributed by atoms with Crippen molar-refractivity contribution in [1.82, 2.24) is 4.90 Å². The van der Waals surface area contributed by atoms with E-state index in [0.29, 0.717) is 18.0 Å². The van der Waals surface area contributed by atoms with E-state index in [9.17, 15) is 13.9 Å². The monoisotopic (exact) mass is 242 g/mol. The van der Waals surface area contributed by atoms with Gasteiger partial charge in [-0.3, -0.25) is 4.90 Å². The SMILES string of the molecule is CN1CC(CN)CC1c1ccc(F)c(F)c1O. The topological polar surface area (TPSA) is 49.5 Å².